The van der Waals surface area contributed by atoms with Gasteiger partial charge in [0.05, 0.1) is 22.1 Å². The lowest BCUT2D eigenvalue weighted by Crippen LogP contribution is -1.92. The van der Waals surface area contributed by atoms with Gasteiger partial charge in [-0.1, -0.05) is 24.9 Å². The molecule has 0 bridgehead atoms. The first-order chi connectivity index (χ1) is 8.49. The van der Waals surface area contributed by atoms with E-state index in [4.69, 9.17) is 16.9 Å². The first-order valence-corrected chi connectivity index (χ1v) is 5.61. The van der Waals surface area contributed by atoms with Crippen molar-refractivity contribution in [2.75, 3.05) is 0 Å². The van der Waals surface area contributed by atoms with Gasteiger partial charge in [0, 0.05) is 17.2 Å². The maximum Gasteiger partial charge on any atom is 0.273 e. The Bertz CT molecular complexity index is 549. The van der Waals surface area contributed by atoms with E-state index in [1.165, 1.54) is 0 Å². The van der Waals surface area contributed by atoms with Crippen molar-refractivity contribution in [2.24, 2.45) is 0 Å². The number of nitriles is 1. The second-order valence-corrected chi connectivity index (χ2v) is 3.99. The molecule has 0 unspecified atom stereocenters. The monoisotopic (exact) mass is 268 g/mol. The summed E-state index contributed by atoms with van der Waals surface area (Å²) in [6.07, 6.45) is 1.15. The van der Waals surface area contributed by atoms with Crippen molar-refractivity contribution in [2.45, 2.75) is 19.8 Å². The third-order valence-electron chi connectivity index (χ3n) is 2.25. The summed E-state index contributed by atoms with van der Waals surface area (Å²) < 4.78 is 13.2. The van der Waals surface area contributed by atoms with Gasteiger partial charge in [0.25, 0.3) is 5.69 Å². The highest BCUT2D eigenvalue weighted by Gasteiger charge is 2.14. The normalized spacial score (nSPS) is 11.7. The molecule has 1 rings (SSSR count). The van der Waals surface area contributed by atoms with Crippen LogP contribution in [0.25, 0.3) is 5.03 Å². The van der Waals surface area contributed by atoms with Crippen LogP contribution in [0.5, 0.6) is 0 Å². The SMILES string of the molecule is CCC/C(C#N)=C(/Cl)c1cc(F)cc([N+](=O)[O-])c1. The molecule has 0 saturated carbocycles. The van der Waals surface area contributed by atoms with E-state index in [1.54, 1.807) is 0 Å². The fourth-order valence-electron chi connectivity index (χ4n) is 1.45. The molecule has 1 aromatic carbocycles. The summed E-state index contributed by atoms with van der Waals surface area (Å²) in [7, 11) is 0. The number of nitro groups is 1. The van der Waals surface area contributed by atoms with E-state index in [-0.39, 0.29) is 10.6 Å². The predicted molar refractivity (Wildman–Crippen MR) is 66.3 cm³/mol. The van der Waals surface area contributed by atoms with E-state index in [9.17, 15) is 14.5 Å². The van der Waals surface area contributed by atoms with Crippen molar-refractivity contribution in [1.82, 2.24) is 0 Å². The molecule has 1 aromatic rings. The molecular formula is C12H10ClFN2O2. The number of nitro benzene ring substituents is 1. The van der Waals surface area contributed by atoms with Gasteiger partial charge in [-0.3, -0.25) is 10.1 Å². The summed E-state index contributed by atoms with van der Waals surface area (Å²) in [4.78, 5) is 9.90. The molecule has 0 aliphatic heterocycles. The number of benzene rings is 1. The Kier molecular flexibility index (Phi) is 4.81. The van der Waals surface area contributed by atoms with Crippen LogP contribution in [0.15, 0.2) is 23.8 Å². The maximum atomic E-state index is 13.2. The lowest BCUT2D eigenvalue weighted by Gasteiger charge is -2.03. The van der Waals surface area contributed by atoms with Gasteiger partial charge in [0.15, 0.2) is 0 Å². The van der Waals surface area contributed by atoms with E-state index in [0.717, 1.165) is 18.2 Å². The molecule has 6 heteroatoms. The molecule has 0 atom stereocenters. The van der Waals surface area contributed by atoms with Crippen LogP contribution in [0.4, 0.5) is 10.1 Å². The molecular weight excluding hydrogens is 259 g/mol. The third-order valence-corrected chi connectivity index (χ3v) is 2.69. The van der Waals surface area contributed by atoms with Crippen molar-refractivity contribution in [3.8, 4) is 6.07 Å². The van der Waals surface area contributed by atoms with Gasteiger partial charge in [0.2, 0.25) is 0 Å². The standard InChI is InChI=1S/C12H10ClFN2O2/c1-2-3-8(7-15)12(13)9-4-10(14)6-11(5-9)16(17)18/h4-6H,2-3H2,1H3/b12-8-. The average molecular weight is 269 g/mol. The van der Waals surface area contributed by atoms with Crippen LogP contribution in [0.1, 0.15) is 25.3 Å². The Hall–Kier alpha value is -1.93. The average Bonchev–Trinajstić information content (AvgIpc) is 2.34. The van der Waals surface area contributed by atoms with Gasteiger partial charge < -0.3 is 0 Å². The van der Waals surface area contributed by atoms with Gasteiger partial charge in [-0.25, -0.2) is 4.39 Å². The highest BCUT2D eigenvalue weighted by molar-refractivity contribution is 6.49. The Morgan fingerprint density at radius 1 is 1.56 bits per heavy atom. The Morgan fingerprint density at radius 3 is 2.72 bits per heavy atom. The molecule has 94 valence electrons. The molecule has 0 radical (unpaired) electrons. The molecule has 0 aliphatic rings. The van der Waals surface area contributed by atoms with Crippen LogP contribution in [0.3, 0.4) is 0 Å². The van der Waals surface area contributed by atoms with Gasteiger partial charge in [0.1, 0.15) is 5.82 Å². The van der Waals surface area contributed by atoms with Gasteiger partial charge in [-0.05, 0) is 12.5 Å². The number of hydrogen-bond donors (Lipinski definition) is 0. The minimum Gasteiger partial charge on any atom is -0.258 e. The molecule has 4 nitrogen and oxygen atoms in total. The summed E-state index contributed by atoms with van der Waals surface area (Å²) >= 11 is 5.97. The molecule has 0 N–H and O–H groups in total. The molecule has 0 amide bonds. The molecule has 0 spiro atoms. The number of hydrogen-bond acceptors (Lipinski definition) is 3. The summed E-state index contributed by atoms with van der Waals surface area (Å²) in [5.41, 5.74) is 0.0457. The fourth-order valence-corrected chi connectivity index (χ4v) is 1.69. The van der Waals surface area contributed by atoms with Crippen LogP contribution < -0.4 is 0 Å². The summed E-state index contributed by atoms with van der Waals surface area (Å²) in [6, 6.07) is 4.95. The summed E-state index contributed by atoms with van der Waals surface area (Å²) in [6.45, 7) is 1.87. The van der Waals surface area contributed by atoms with E-state index in [0.29, 0.717) is 18.4 Å². The van der Waals surface area contributed by atoms with Crippen molar-refractivity contribution < 1.29 is 9.31 Å². The molecule has 0 saturated heterocycles. The second-order valence-electron chi connectivity index (χ2n) is 3.61. The van der Waals surface area contributed by atoms with Crippen LogP contribution in [-0.2, 0) is 0 Å². The quantitative estimate of drug-likeness (QED) is 0.471. The lowest BCUT2D eigenvalue weighted by molar-refractivity contribution is -0.385. The Labute approximate surface area is 108 Å². The number of halogens is 2. The van der Waals surface area contributed by atoms with Crippen molar-refractivity contribution in [1.29, 1.82) is 5.26 Å². The molecule has 0 fully saturated rings. The number of rotatable bonds is 4. The first-order valence-electron chi connectivity index (χ1n) is 5.23. The minimum absolute atomic E-state index is 0.0574. The highest BCUT2D eigenvalue weighted by atomic mass is 35.5. The van der Waals surface area contributed by atoms with Crippen LogP contribution in [0.2, 0.25) is 0 Å². The first kappa shape index (κ1) is 14.1. The summed E-state index contributed by atoms with van der Waals surface area (Å²) in [5.74, 6) is -0.758. The van der Waals surface area contributed by atoms with E-state index >= 15 is 0 Å². The third kappa shape index (κ3) is 3.28. The molecule has 0 heterocycles. The number of non-ortho nitro benzene ring substituents is 1. The van der Waals surface area contributed by atoms with Crippen LogP contribution in [0, 0.1) is 27.3 Å². The zero-order valence-corrected chi connectivity index (χ0v) is 10.4. The topological polar surface area (TPSA) is 66.9 Å². The molecule has 0 aromatic heterocycles. The Balaban J connectivity index is 3.33. The minimum atomic E-state index is -0.758. The smallest absolute Gasteiger partial charge is 0.258 e. The van der Waals surface area contributed by atoms with E-state index < -0.39 is 16.4 Å². The lowest BCUT2D eigenvalue weighted by atomic mass is 10.1. The van der Waals surface area contributed by atoms with Crippen LogP contribution >= 0.6 is 11.6 Å². The second kappa shape index (κ2) is 6.12. The zero-order chi connectivity index (χ0) is 13.7. The maximum absolute atomic E-state index is 13.2. The zero-order valence-electron chi connectivity index (χ0n) is 9.61. The highest BCUT2D eigenvalue weighted by Crippen LogP contribution is 2.29. The molecule has 18 heavy (non-hydrogen) atoms. The Morgan fingerprint density at radius 2 is 2.22 bits per heavy atom. The molecule has 0 aliphatic carbocycles. The number of nitrogens with zero attached hydrogens (tertiary/aromatic N) is 2. The fraction of sp³-hybridized carbons (Fsp3) is 0.250. The number of allylic oxidation sites excluding steroid dienone is 1. The largest absolute Gasteiger partial charge is 0.273 e. The predicted octanol–water partition coefficient (Wildman–Crippen LogP) is 4.01. The van der Waals surface area contributed by atoms with Crippen molar-refractivity contribution in [3.63, 3.8) is 0 Å². The van der Waals surface area contributed by atoms with Gasteiger partial charge in [-0.2, -0.15) is 5.26 Å². The van der Waals surface area contributed by atoms with Crippen molar-refractivity contribution in [3.05, 3.63) is 45.3 Å². The van der Waals surface area contributed by atoms with Crippen LogP contribution in [-0.4, -0.2) is 4.92 Å². The van der Waals surface area contributed by atoms with Gasteiger partial charge in [-0.15, -0.1) is 0 Å². The van der Waals surface area contributed by atoms with E-state index in [2.05, 4.69) is 0 Å². The van der Waals surface area contributed by atoms with Crippen molar-refractivity contribution >= 4 is 22.3 Å². The summed E-state index contributed by atoms with van der Waals surface area (Å²) in [5, 5.41) is 19.6. The van der Waals surface area contributed by atoms with Gasteiger partial charge >= 0.3 is 0 Å². The van der Waals surface area contributed by atoms with E-state index in [1.807, 2.05) is 13.0 Å².